The number of carbonyl (C=O) groups excluding carboxylic acids is 1. The third kappa shape index (κ3) is 4.50. The van der Waals surface area contributed by atoms with Gasteiger partial charge in [-0.1, -0.05) is 30.3 Å². The van der Waals surface area contributed by atoms with Crippen molar-refractivity contribution in [1.29, 1.82) is 0 Å². The Balaban J connectivity index is 1.62. The zero-order valence-corrected chi connectivity index (χ0v) is 18.5. The molecule has 0 unspecified atom stereocenters. The lowest BCUT2D eigenvalue weighted by atomic mass is 10.0. The van der Waals surface area contributed by atoms with Crippen molar-refractivity contribution < 1.29 is 14.5 Å². The van der Waals surface area contributed by atoms with Crippen LogP contribution in [0.4, 0.5) is 11.5 Å². The summed E-state index contributed by atoms with van der Waals surface area (Å²) in [6.07, 6.45) is 0. The second-order valence-corrected chi connectivity index (χ2v) is 7.65. The van der Waals surface area contributed by atoms with Gasteiger partial charge in [-0.15, -0.1) is 0 Å². The highest BCUT2D eigenvalue weighted by Gasteiger charge is 2.19. The molecule has 0 radical (unpaired) electrons. The molecule has 0 atom stereocenters. The Morgan fingerprint density at radius 3 is 2.61 bits per heavy atom. The monoisotopic (exact) mass is 442 g/mol. The lowest BCUT2D eigenvalue weighted by Crippen LogP contribution is -2.07. The summed E-state index contributed by atoms with van der Waals surface area (Å²) in [7, 11) is 1.35. The number of hydrogen-bond acceptors (Lipinski definition) is 7. The minimum absolute atomic E-state index is 0.0167. The Morgan fingerprint density at radius 2 is 1.85 bits per heavy atom. The number of ether oxygens (including phenoxy) is 1. The van der Waals surface area contributed by atoms with Gasteiger partial charge in [-0.05, 0) is 49.7 Å². The predicted molar refractivity (Wildman–Crippen MR) is 126 cm³/mol. The van der Waals surface area contributed by atoms with E-state index in [0.717, 1.165) is 16.5 Å². The fourth-order valence-corrected chi connectivity index (χ4v) is 3.80. The number of anilines is 1. The molecule has 4 rings (SSSR count). The number of esters is 1. The molecule has 0 saturated heterocycles. The van der Waals surface area contributed by atoms with Gasteiger partial charge in [-0.3, -0.25) is 10.1 Å². The van der Waals surface area contributed by atoms with Crippen LogP contribution in [0.1, 0.15) is 27.2 Å². The van der Waals surface area contributed by atoms with E-state index in [0.29, 0.717) is 34.6 Å². The van der Waals surface area contributed by atoms with Crippen LogP contribution in [0.5, 0.6) is 0 Å². The molecule has 2 aromatic heterocycles. The molecule has 0 saturated carbocycles. The number of nitrogens with zero attached hydrogens (tertiary/aromatic N) is 3. The third-order valence-electron chi connectivity index (χ3n) is 5.32. The van der Waals surface area contributed by atoms with E-state index in [2.05, 4.69) is 10.3 Å². The molecular weight excluding hydrogens is 420 g/mol. The van der Waals surface area contributed by atoms with E-state index in [1.165, 1.54) is 7.11 Å². The summed E-state index contributed by atoms with van der Waals surface area (Å²) >= 11 is 0. The van der Waals surface area contributed by atoms with Gasteiger partial charge in [-0.2, -0.15) is 0 Å². The zero-order chi connectivity index (χ0) is 23.5. The molecular formula is C25H22N4O4. The summed E-state index contributed by atoms with van der Waals surface area (Å²) < 4.78 is 4.88. The van der Waals surface area contributed by atoms with Crippen LogP contribution >= 0.6 is 0 Å². The Kier molecular flexibility index (Phi) is 5.99. The Bertz CT molecular complexity index is 1380. The van der Waals surface area contributed by atoms with Gasteiger partial charge in [-0.25, -0.2) is 14.8 Å². The van der Waals surface area contributed by atoms with Crippen LogP contribution in [0.3, 0.4) is 0 Å². The van der Waals surface area contributed by atoms with Crippen molar-refractivity contribution in [1.82, 2.24) is 9.97 Å². The van der Waals surface area contributed by atoms with Crippen LogP contribution in [-0.2, 0) is 11.3 Å². The Hall–Kier alpha value is -4.33. The number of aromatic nitrogens is 2. The molecule has 0 aliphatic carbocycles. The van der Waals surface area contributed by atoms with Gasteiger partial charge in [0, 0.05) is 28.8 Å². The van der Waals surface area contributed by atoms with Gasteiger partial charge in [0.1, 0.15) is 0 Å². The van der Waals surface area contributed by atoms with E-state index < -0.39 is 10.9 Å². The topological polar surface area (TPSA) is 107 Å². The third-order valence-corrected chi connectivity index (χ3v) is 5.32. The average molecular weight is 442 g/mol. The van der Waals surface area contributed by atoms with Crippen molar-refractivity contribution in [3.8, 4) is 11.3 Å². The number of nitrogens with one attached hydrogen (secondary N) is 1. The fourth-order valence-electron chi connectivity index (χ4n) is 3.80. The van der Waals surface area contributed by atoms with Crippen LogP contribution in [0.25, 0.3) is 22.2 Å². The highest BCUT2D eigenvalue weighted by Crippen LogP contribution is 2.28. The first-order chi connectivity index (χ1) is 15.9. The molecule has 2 heterocycles. The molecule has 0 aliphatic rings. The highest BCUT2D eigenvalue weighted by atomic mass is 16.6. The second-order valence-electron chi connectivity index (χ2n) is 7.65. The lowest BCUT2D eigenvalue weighted by Gasteiger charge is -2.11. The maximum Gasteiger partial charge on any atom is 0.338 e. The summed E-state index contributed by atoms with van der Waals surface area (Å²) in [4.78, 5) is 32.2. The number of fused-ring (bicyclic) bond motifs is 1. The van der Waals surface area contributed by atoms with Gasteiger partial charge in [0.15, 0.2) is 0 Å². The van der Waals surface area contributed by atoms with E-state index in [9.17, 15) is 14.9 Å². The quantitative estimate of drug-likeness (QED) is 0.248. The number of benzene rings is 2. The number of methoxy groups -OCH3 is 1. The molecule has 0 fully saturated rings. The van der Waals surface area contributed by atoms with Crippen molar-refractivity contribution in [2.45, 2.75) is 20.4 Å². The molecule has 8 heteroatoms. The van der Waals surface area contributed by atoms with E-state index in [4.69, 9.17) is 9.72 Å². The summed E-state index contributed by atoms with van der Waals surface area (Å²) in [5.41, 5.74) is 4.79. The second kappa shape index (κ2) is 9.04. The number of rotatable bonds is 6. The first kappa shape index (κ1) is 21.9. The van der Waals surface area contributed by atoms with Crippen molar-refractivity contribution in [2.75, 3.05) is 12.4 Å². The molecule has 2 aromatic carbocycles. The smallest absolute Gasteiger partial charge is 0.338 e. The fraction of sp³-hybridized carbons (Fsp3) is 0.160. The maximum atomic E-state index is 12.1. The number of aryl methyl sites for hydroxylation is 2. The highest BCUT2D eigenvalue weighted by molar-refractivity contribution is 5.97. The molecule has 0 aliphatic heterocycles. The molecule has 166 valence electrons. The minimum Gasteiger partial charge on any atom is -0.465 e. The molecule has 1 N–H and O–H groups in total. The molecule has 0 bridgehead atoms. The number of carbonyl (C=O) groups is 1. The van der Waals surface area contributed by atoms with Gasteiger partial charge < -0.3 is 10.1 Å². The molecule has 33 heavy (non-hydrogen) atoms. The van der Waals surface area contributed by atoms with Crippen LogP contribution < -0.4 is 5.32 Å². The van der Waals surface area contributed by atoms with Gasteiger partial charge in [0.2, 0.25) is 5.82 Å². The SMILES string of the molecule is COC(=O)c1ccccc1-c1ccc2cc(CNc3nc(C)cc(C)c3[N+](=O)[O-])ccc2n1. The van der Waals surface area contributed by atoms with Gasteiger partial charge >= 0.3 is 11.7 Å². The standard InChI is InChI=1S/C25H22N4O4/c1-15-12-16(2)27-24(23(15)29(31)32)26-14-17-8-10-21-18(13-17)9-11-22(28-21)19-6-4-5-7-20(19)25(30)33-3/h4-13H,14H2,1-3H3,(H,26,27). The molecule has 8 nitrogen and oxygen atoms in total. The Labute approximate surface area is 190 Å². The largest absolute Gasteiger partial charge is 0.465 e. The number of nitro groups is 1. The van der Waals surface area contributed by atoms with Crippen molar-refractivity contribution in [3.63, 3.8) is 0 Å². The Morgan fingerprint density at radius 1 is 1.06 bits per heavy atom. The predicted octanol–water partition coefficient (Wildman–Crippen LogP) is 5.22. The van der Waals surface area contributed by atoms with Crippen LogP contribution in [0.2, 0.25) is 0 Å². The summed E-state index contributed by atoms with van der Waals surface area (Å²) in [6, 6.07) is 18.4. The summed E-state index contributed by atoms with van der Waals surface area (Å²) in [5, 5.41) is 15.5. The van der Waals surface area contributed by atoms with Crippen LogP contribution in [0, 0.1) is 24.0 Å². The summed E-state index contributed by atoms with van der Waals surface area (Å²) in [5.74, 6) is -0.159. The van der Waals surface area contributed by atoms with Crippen LogP contribution in [-0.4, -0.2) is 28.0 Å². The molecule has 0 amide bonds. The molecule has 0 spiro atoms. The van der Waals surface area contributed by atoms with Crippen molar-refractivity contribution in [2.24, 2.45) is 0 Å². The number of hydrogen-bond donors (Lipinski definition) is 1. The van der Waals surface area contributed by atoms with Crippen molar-refractivity contribution in [3.05, 3.63) is 93.2 Å². The maximum absolute atomic E-state index is 12.1. The normalized spacial score (nSPS) is 10.8. The van der Waals surface area contributed by atoms with E-state index in [1.54, 1.807) is 32.0 Å². The van der Waals surface area contributed by atoms with Crippen LogP contribution in [0.15, 0.2) is 60.7 Å². The summed E-state index contributed by atoms with van der Waals surface area (Å²) in [6.45, 7) is 3.88. The van der Waals surface area contributed by atoms with Crippen molar-refractivity contribution >= 4 is 28.4 Å². The first-order valence-electron chi connectivity index (χ1n) is 10.3. The van der Waals surface area contributed by atoms with E-state index in [1.807, 2.05) is 42.5 Å². The van der Waals surface area contributed by atoms with E-state index >= 15 is 0 Å². The van der Waals surface area contributed by atoms with E-state index in [-0.39, 0.29) is 11.5 Å². The van der Waals surface area contributed by atoms with Gasteiger partial charge in [0.05, 0.1) is 28.8 Å². The zero-order valence-electron chi connectivity index (χ0n) is 18.5. The molecule has 4 aromatic rings. The average Bonchev–Trinajstić information content (AvgIpc) is 2.81. The first-order valence-corrected chi connectivity index (χ1v) is 10.3. The minimum atomic E-state index is -0.415. The van der Waals surface area contributed by atoms with Gasteiger partial charge in [0.25, 0.3) is 0 Å². The lowest BCUT2D eigenvalue weighted by molar-refractivity contribution is -0.384. The number of pyridine rings is 2.